The highest BCUT2D eigenvalue weighted by molar-refractivity contribution is 8.03. The van der Waals surface area contributed by atoms with E-state index >= 15 is 0 Å². The van der Waals surface area contributed by atoms with Crippen LogP contribution in [0.5, 0.6) is 5.88 Å². The molecule has 1 heterocycles. The number of ether oxygens (including phenoxy) is 1. The Morgan fingerprint density at radius 2 is 1.86 bits per heavy atom. The Kier molecular flexibility index (Phi) is 5.26. The van der Waals surface area contributed by atoms with E-state index in [9.17, 15) is 21.6 Å². The van der Waals surface area contributed by atoms with E-state index in [4.69, 9.17) is 4.74 Å². The van der Waals surface area contributed by atoms with Gasteiger partial charge in [0, 0.05) is 18.8 Å². The first-order valence-electron chi connectivity index (χ1n) is 5.63. The fourth-order valence-corrected chi connectivity index (χ4v) is 3.14. The van der Waals surface area contributed by atoms with Gasteiger partial charge in [0.05, 0.1) is 13.4 Å². The lowest BCUT2D eigenvalue weighted by molar-refractivity contribution is 0.256. The van der Waals surface area contributed by atoms with Crippen molar-refractivity contribution in [2.45, 2.75) is 6.92 Å². The molecule has 0 unspecified atom stereocenters. The second-order valence-corrected chi connectivity index (χ2v) is 8.03. The Morgan fingerprint density at radius 3 is 2.36 bits per heavy atom. The van der Waals surface area contributed by atoms with Gasteiger partial charge in [0.2, 0.25) is 21.9 Å². The summed E-state index contributed by atoms with van der Waals surface area (Å²) < 4.78 is 52.1. The summed E-state index contributed by atoms with van der Waals surface area (Å²) in [6.07, 6.45) is 0.679. The molecule has 0 aliphatic carbocycles. The van der Waals surface area contributed by atoms with Gasteiger partial charge in [0.1, 0.15) is 0 Å². The Morgan fingerprint density at radius 1 is 1.27 bits per heavy atom. The second-order valence-electron chi connectivity index (χ2n) is 4.08. The van der Waals surface area contributed by atoms with Crippen LogP contribution in [0.15, 0.2) is 6.07 Å². The second kappa shape index (κ2) is 6.41. The maximum atomic E-state index is 11.7. The lowest BCUT2D eigenvalue weighted by Crippen LogP contribution is -2.45. The molecule has 11 nitrogen and oxygen atoms in total. The molecule has 13 heteroatoms. The van der Waals surface area contributed by atoms with Crippen LogP contribution in [0, 0.1) is 6.92 Å². The highest BCUT2D eigenvalue weighted by atomic mass is 32.3. The topological polar surface area (TPSA) is 148 Å². The Balaban J connectivity index is 2.89. The van der Waals surface area contributed by atoms with E-state index in [0.717, 1.165) is 7.05 Å². The lowest BCUT2D eigenvalue weighted by atomic mass is 10.4. The summed E-state index contributed by atoms with van der Waals surface area (Å²) in [7, 11) is -6.46. The molecule has 1 rings (SSSR count). The van der Waals surface area contributed by atoms with E-state index in [2.05, 4.69) is 15.3 Å². The number of methoxy groups -OCH3 is 1. The van der Waals surface area contributed by atoms with Gasteiger partial charge in [-0.3, -0.25) is 5.32 Å². The van der Waals surface area contributed by atoms with E-state index < -0.39 is 26.3 Å². The van der Waals surface area contributed by atoms with Crippen LogP contribution in [-0.4, -0.2) is 57.0 Å². The zero-order chi connectivity index (χ0) is 17.1. The maximum absolute atomic E-state index is 11.7. The minimum absolute atomic E-state index is 0.0251. The van der Waals surface area contributed by atoms with Crippen LogP contribution >= 0.6 is 0 Å². The highest BCUT2D eigenvalue weighted by Gasteiger charge is 2.28. The molecule has 0 aliphatic rings. The SMILES string of the molecule is COc1cc(C)nc(NC(=O)NS(=O)(=O)N(C)S(C)(=O)=O)n1. The molecule has 0 fully saturated rings. The van der Waals surface area contributed by atoms with Crippen molar-refractivity contribution in [3.63, 3.8) is 0 Å². The average Bonchev–Trinajstić information content (AvgIpc) is 2.34. The number of amides is 2. The molecule has 22 heavy (non-hydrogen) atoms. The number of hydrogen-bond acceptors (Lipinski definition) is 8. The zero-order valence-electron chi connectivity index (χ0n) is 12.2. The number of carbonyl (C=O) groups excluding carboxylic acids is 1. The quantitative estimate of drug-likeness (QED) is 0.688. The predicted molar refractivity (Wildman–Crippen MR) is 77.0 cm³/mol. The van der Waals surface area contributed by atoms with Gasteiger partial charge >= 0.3 is 16.2 Å². The Bertz CT molecular complexity index is 776. The monoisotopic (exact) mass is 353 g/mol. The minimum atomic E-state index is -4.57. The molecule has 0 bridgehead atoms. The molecular weight excluding hydrogens is 338 g/mol. The molecule has 2 amide bonds. The summed E-state index contributed by atoms with van der Waals surface area (Å²) >= 11 is 0. The number of nitrogens with one attached hydrogen (secondary N) is 2. The van der Waals surface area contributed by atoms with Crippen molar-refractivity contribution >= 4 is 32.2 Å². The molecule has 1 aromatic rings. The molecule has 0 radical (unpaired) electrons. The van der Waals surface area contributed by atoms with Gasteiger partial charge in [-0.15, -0.1) is 0 Å². The molecule has 0 saturated heterocycles. The number of aryl methyl sites for hydroxylation is 1. The van der Waals surface area contributed by atoms with Gasteiger partial charge in [-0.1, -0.05) is 3.71 Å². The number of aromatic nitrogens is 2. The van der Waals surface area contributed by atoms with Crippen LogP contribution in [0.3, 0.4) is 0 Å². The molecule has 0 saturated carbocycles. The van der Waals surface area contributed by atoms with Gasteiger partial charge in [0.15, 0.2) is 0 Å². The van der Waals surface area contributed by atoms with E-state index in [-0.39, 0.29) is 15.5 Å². The van der Waals surface area contributed by atoms with Crippen LogP contribution in [-0.2, 0) is 20.2 Å². The average molecular weight is 353 g/mol. The largest absolute Gasteiger partial charge is 0.481 e. The number of hydrogen-bond donors (Lipinski definition) is 2. The molecule has 0 atom stereocenters. The summed E-state index contributed by atoms with van der Waals surface area (Å²) in [6, 6.07) is 0.278. The van der Waals surface area contributed by atoms with Gasteiger partial charge < -0.3 is 4.74 Å². The standard InChI is InChI=1S/C9H15N5O6S2/c1-6-5-7(20-3)11-8(10-6)12-9(15)13-22(18,19)14(2)21(4,16)17/h5H,1-4H3,(H2,10,11,12,13,15). The first-order valence-corrected chi connectivity index (χ1v) is 8.92. The third-order valence-electron chi connectivity index (χ3n) is 2.29. The number of rotatable bonds is 5. The number of anilines is 1. The van der Waals surface area contributed by atoms with Crippen LogP contribution in [0.4, 0.5) is 10.7 Å². The van der Waals surface area contributed by atoms with Crippen LogP contribution in [0.1, 0.15) is 5.69 Å². The van der Waals surface area contributed by atoms with E-state index in [0.29, 0.717) is 11.9 Å². The number of sulfonamides is 1. The van der Waals surface area contributed by atoms with Crippen molar-refractivity contribution in [3.8, 4) is 5.88 Å². The molecule has 0 spiro atoms. The van der Waals surface area contributed by atoms with Crippen LogP contribution < -0.4 is 14.8 Å². The third kappa shape index (κ3) is 4.78. The highest BCUT2D eigenvalue weighted by Crippen LogP contribution is 2.11. The number of carbonyl (C=O) groups is 1. The minimum Gasteiger partial charge on any atom is -0.481 e. The lowest BCUT2D eigenvalue weighted by Gasteiger charge is -2.15. The van der Waals surface area contributed by atoms with Gasteiger partial charge in [-0.25, -0.2) is 22.9 Å². The smallest absolute Gasteiger partial charge is 0.336 e. The van der Waals surface area contributed by atoms with Crippen molar-refractivity contribution in [1.29, 1.82) is 0 Å². The van der Waals surface area contributed by atoms with E-state index in [1.54, 1.807) is 6.92 Å². The summed E-state index contributed by atoms with van der Waals surface area (Å²) in [5.74, 6) is -0.0366. The van der Waals surface area contributed by atoms with E-state index in [1.807, 2.05) is 0 Å². The van der Waals surface area contributed by atoms with Gasteiger partial charge in [-0.05, 0) is 6.92 Å². The van der Waals surface area contributed by atoms with Crippen molar-refractivity contribution in [1.82, 2.24) is 18.4 Å². The molecule has 124 valence electrons. The summed E-state index contributed by atoms with van der Waals surface area (Å²) in [4.78, 5) is 19.3. The predicted octanol–water partition coefficient (Wildman–Crippen LogP) is -0.949. The van der Waals surface area contributed by atoms with Crippen molar-refractivity contribution in [2.24, 2.45) is 0 Å². The summed E-state index contributed by atoms with van der Waals surface area (Å²) in [5.41, 5.74) is 0.471. The van der Waals surface area contributed by atoms with Crippen molar-refractivity contribution < 1.29 is 26.4 Å². The van der Waals surface area contributed by atoms with Gasteiger partial charge in [0.25, 0.3) is 0 Å². The van der Waals surface area contributed by atoms with Gasteiger partial charge in [-0.2, -0.15) is 13.4 Å². The van der Waals surface area contributed by atoms with E-state index in [1.165, 1.54) is 17.9 Å². The summed E-state index contributed by atoms with van der Waals surface area (Å²) in [5, 5.41) is 2.07. The maximum Gasteiger partial charge on any atom is 0.336 e. The van der Waals surface area contributed by atoms with Crippen LogP contribution in [0.2, 0.25) is 0 Å². The first kappa shape index (κ1) is 18.1. The molecule has 0 aromatic carbocycles. The molecule has 0 aliphatic heterocycles. The number of nitrogens with zero attached hydrogens (tertiary/aromatic N) is 3. The van der Waals surface area contributed by atoms with Crippen LogP contribution in [0.25, 0.3) is 0 Å². The molecule has 1 aromatic heterocycles. The summed E-state index contributed by atoms with van der Waals surface area (Å²) in [6.45, 7) is 1.61. The van der Waals surface area contributed by atoms with Crippen molar-refractivity contribution in [3.05, 3.63) is 11.8 Å². The van der Waals surface area contributed by atoms with Crippen molar-refractivity contribution in [2.75, 3.05) is 25.7 Å². The fourth-order valence-electron chi connectivity index (χ4n) is 1.19. The third-order valence-corrected chi connectivity index (χ3v) is 5.75. The molecular formula is C9H15N5O6S2. The Labute approximate surface area is 127 Å². The Hall–Kier alpha value is -1.99. The fraction of sp³-hybridized carbons (Fsp3) is 0.444. The zero-order valence-corrected chi connectivity index (χ0v) is 13.8. The molecule has 2 N–H and O–H groups in total. The normalized spacial score (nSPS) is 12.0. The number of urea groups is 1. The first-order chi connectivity index (χ1) is 9.95.